The Labute approximate surface area is 87.9 Å². The standard InChI is InChI=1S/C9H15FOS2/c1-6-3-8(10)9(11-2)4-7(6)5-13-12/h5-6,8-9,12H,3-4H2,1-2H3/b7-5-. The lowest BCUT2D eigenvalue weighted by atomic mass is 9.83. The SMILES string of the molecule is COC1C/C(=C/SS)C(C)CC1F. The molecule has 0 spiro atoms. The van der Waals surface area contributed by atoms with Gasteiger partial charge >= 0.3 is 0 Å². The molecule has 0 N–H and O–H groups in total. The second-order valence-electron chi connectivity index (χ2n) is 3.43. The highest BCUT2D eigenvalue weighted by molar-refractivity contribution is 8.69. The molecular weight excluding hydrogens is 207 g/mol. The van der Waals surface area contributed by atoms with Crippen LogP contribution in [-0.2, 0) is 4.74 Å². The Bertz CT molecular complexity index is 196. The zero-order chi connectivity index (χ0) is 9.84. The number of methoxy groups -OCH3 is 1. The summed E-state index contributed by atoms with van der Waals surface area (Å²) in [6.07, 6.45) is 0.190. The van der Waals surface area contributed by atoms with E-state index in [1.54, 1.807) is 7.11 Å². The van der Waals surface area contributed by atoms with Gasteiger partial charge in [-0.3, -0.25) is 0 Å². The first-order valence-electron chi connectivity index (χ1n) is 4.35. The molecule has 3 unspecified atom stereocenters. The van der Waals surface area contributed by atoms with Crippen LogP contribution in [0, 0.1) is 5.92 Å². The summed E-state index contributed by atoms with van der Waals surface area (Å²) in [6.45, 7) is 2.05. The molecule has 1 aliphatic carbocycles. The molecule has 3 atom stereocenters. The lowest BCUT2D eigenvalue weighted by Crippen LogP contribution is -2.32. The Hall–Kier alpha value is 0.330. The summed E-state index contributed by atoms with van der Waals surface area (Å²) in [4.78, 5) is 0. The maximum absolute atomic E-state index is 13.3. The Morgan fingerprint density at radius 1 is 1.69 bits per heavy atom. The summed E-state index contributed by atoms with van der Waals surface area (Å²) in [5.74, 6) is 0.320. The predicted molar refractivity (Wildman–Crippen MR) is 58.8 cm³/mol. The highest BCUT2D eigenvalue weighted by Gasteiger charge is 2.31. The second kappa shape index (κ2) is 5.27. The van der Waals surface area contributed by atoms with E-state index in [9.17, 15) is 4.39 Å². The highest BCUT2D eigenvalue weighted by atomic mass is 33.1. The van der Waals surface area contributed by atoms with Crippen LogP contribution >= 0.6 is 22.5 Å². The molecule has 1 fully saturated rings. The van der Waals surface area contributed by atoms with Gasteiger partial charge in [0.1, 0.15) is 6.17 Å². The molecule has 0 heterocycles. The second-order valence-corrected chi connectivity index (χ2v) is 4.51. The van der Waals surface area contributed by atoms with Crippen LogP contribution in [0.4, 0.5) is 4.39 Å². The minimum Gasteiger partial charge on any atom is -0.378 e. The minimum absolute atomic E-state index is 0.261. The number of ether oxygens (including phenoxy) is 1. The Balaban J connectivity index is 2.63. The van der Waals surface area contributed by atoms with E-state index in [4.69, 9.17) is 4.74 Å². The molecule has 0 radical (unpaired) electrons. The van der Waals surface area contributed by atoms with E-state index in [1.165, 1.54) is 16.4 Å². The van der Waals surface area contributed by atoms with Crippen LogP contribution in [0.25, 0.3) is 0 Å². The number of alkyl halides is 1. The average Bonchev–Trinajstić information content (AvgIpc) is 2.10. The van der Waals surface area contributed by atoms with Crippen LogP contribution in [0.5, 0.6) is 0 Å². The lowest BCUT2D eigenvalue weighted by Gasteiger charge is -2.31. The number of halogens is 1. The first-order chi connectivity index (χ1) is 6.19. The molecule has 0 aromatic carbocycles. The summed E-state index contributed by atoms with van der Waals surface area (Å²) in [7, 11) is 2.95. The third-order valence-corrected chi connectivity index (χ3v) is 3.28. The van der Waals surface area contributed by atoms with E-state index in [1.807, 2.05) is 12.3 Å². The van der Waals surface area contributed by atoms with Crippen LogP contribution in [0.3, 0.4) is 0 Å². The molecule has 1 aliphatic rings. The summed E-state index contributed by atoms with van der Waals surface area (Å²) < 4.78 is 18.4. The summed E-state index contributed by atoms with van der Waals surface area (Å²) in [5.41, 5.74) is 1.25. The predicted octanol–water partition coefficient (Wildman–Crippen LogP) is 3.23. The van der Waals surface area contributed by atoms with Crippen LogP contribution in [0.1, 0.15) is 19.8 Å². The monoisotopic (exact) mass is 222 g/mol. The molecule has 0 aromatic rings. The zero-order valence-corrected chi connectivity index (χ0v) is 9.58. The maximum Gasteiger partial charge on any atom is 0.127 e. The third-order valence-electron chi connectivity index (χ3n) is 2.56. The molecule has 1 nitrogen and oxygen atoms in total. The fourth-order valence-corrected chi connectivity index (χ4v) is 2.54. The van der Waals surface area contributed by atoms with Gasteiger partial charge < -0.3 is 4.74 Å². The molecule has 13 heavy (non-hydrogen) atoms. The van der Waals surface area contributed by atoms with Gasteiger partial charge in [-0.05, 0) is 24.2 Å². The van der Waals surface area contributed by atoms with Gasteiger partial charge in [-0.25, -0.2) is 4.39 Å². The van der Waals surface area contributed by atoms with Crippen LogP contribution in [0.15, 0.2) is 11.0 Å². The average molecular weight is 222 g/mol. The number of hydrogen-bond acceptors (Lipinski definition) is 3. The van der Waals surface area contributed by atoms with Crippen molar-refractivity contribution in [3.05, 3.63) is 11.0 Å². The molecule has 0 bridgehead atoms. The van der Waals surface area contributed by atoms with Crippen LogP contribution in [0.2, 0.25) is 0 Å². The summed E-state index contributed by atoms with van der Waals surface area (Å²) >= 11 is 4.06. The largest absolute Gasteiger partial charge is 0.378 e. The van der Waals surface area contributed by atoms with Crippen molar-refractivity contribution in [3.63, 3.8) is 0 Å². The quantitative estimate of drug-likeness (QED) is 0.567. The van der Waals surface area contributed by atoms with Gasteiger partial charge in [-0.15, -0.1) is 11.7 Å². The molecule has 76 valence electrons. The van der Waals surface area contributed by atoms with Crippen molar-refractivity contribution in [1.82, 2.24) is 0 Å². The topological polar surface area (TPSA) is 9.23 Å². The molecule has 4 heteroatoms. The number of rotatable bonds is 2. The van der Waals surface area contributed by atoms with Gasteiger partial charge in [0, 0.05) is 7.11 Å². The molecule has 0 saturated heterocycles. The molecule has 0 amide bonds. The van der Waals surface area contributed by atoms with E-state index in [2.05, 4.69) is 11.7 Å². The summed E-state index contributed by atoms with van der Waals surface area (Å²) in [5, 5.41) is 1.99. The molecule has 1 saturated carbocycles. The Morgan fingerprint density at radius 3 is 2.92 bits per heavy atom. The zero-order valence-electron chi connectivity index (χ0n) is 7.87. The van der Waals surface area contributed by atoms with E-state index in [0.717, 1.165) is 0 Å². The van der Waals surface area contributed by atoms with Crippen molar-refractivity contribution < 1.29 is 9.13 Å². The maximum atomic E-state index is 13.3. The smallest absolute Gasteiger partial charge is 0.127 e. The van der Waals surface area contributed by atoms with Gasteiger partial charge in [0.25, 0.3) is 0 Å². The van der Waals surface area contributed by atoms with Gasteiger partial charge in [0.05, 0.1) is 6.10 Å². The first-order valence-corrected chi connectivity index (χ1v) is 6.28. The van der Waals surface area contributed by atoms with E-state index in [0.29, 0.717) is 18.8 Å². The van der Waals surface area contributed by atoms with Crippen molar-refractivity contribution >= 4 is 22.5 Å². The van der Waals surface area contributed by atoms with Gasteiger partial charge in [-0.1, -0.05) is 23.3 Å². The van der Waals surface area contributed by atoms with E-state index >= 15 is 0 Å². The fraction of sp³-hybridized carbons (Fsp3) is 0.778. The van der Waals surface area contributed by atoms with Crippen molar-refractivity contribution in [1.29, 1.82) is 0 Å². The van der Waals surface area contributed by atoms with Crippen molar-refractivity contribution in [2.75, 3.05) is 7.11 Å². The number of hydrogen-bond donors (Lipinski definition) is 1. The van der Waals surface area contributed by atoms with Crippen molar-refractivity contribution in [3.8, 4) is 0 Å². The molecule has 0 aliphatic heterocycles. The van der Waals surface area contributed by atoms with E-state index in [-0.39, 0.29) is 6.10 Å². The fourth-order valence-electron chi connectivity index (χ4n) is 1.67. The third kappa shape index (κ3) is 2.89. The normalized spacial score (nSPS) is 38.2. The first kappa shape index (κ1) is 11.4. The minimum atomic E-state index is -0.818. The molecule has 0 aromatic heterocycles. The van der Waals surface area contributed by atoms with E-state index < -0.39 is 6.17 Å². The Kier molecular flexibility index (Phi) is 4.62. The lowest BCUT2D eigenvalue weighted by molar-refractivity contribution is 0.0103. The van der Waals surface area contributed by atoms with Crippen molar-refractivity contribution in [2.45, 2.75) is 32.0 Å². The van der Waals surface area contributed by atoms with Crippen molar-refractivity contribution in [2.24, 2.45) is 5.92 Å². The van der Waals surface area contributed by atoms with Gasteiger partial charge in [0.15, 0.2) is 0 Å². The summed E-state index contributed by atoms with van der Waals surface area (Å²) in [6, 6.07) is 0. The van der Waals surface area contributed by atoms with Crippen LogP contribution in [-0.4, -0.2) is 19.4 Å². The van der Waals surface area contributed by atoms with Crippen LogP contribution < -0.4 is 0 Å². The number of thiol groups is 1. The Morgan fingerprint density at radius 2 is 2.38 bits per heavy atom. The highest BCUT2D eigenvalue weighted by Crippen LogP contribution is 2.34. The molecular formula is C9H15FOS2. The van der Waals surface area contributed by atoms with Gasteiger partial charge in [-0.2, -0.15) is 0 Å². The van der Waals surface area contributed by atoms with Gasteiger partial charge in [0.2, 0.25) is 0 Å². The molecule has 1 rings (SSSR count).